The van der Waals surface area contributed by atoms with Gasteiger partial charge in [0, 0.05) is 17.0 Å². The molecule has 0 spiro atoms. The van der Waals surface area contributed by atoms with Gasteiger partial charge in [0.1, 0.15) is 0 Å². The van der Waals surface area contributed by atoms with Gasteiger partial charge in [-0.1, -0.05) is 0 Å². The largest absolute Gasteiger partial charge is 0.481 e. The second-order valence-corrected chi connectivity index (χ2v) is 7.02. The van der Waals surface area contributed by atoms with Gasteiger partial charge in [-0.25, -0.2) is 0 Å². The number of rotatable bonds is 4. The predicted molar refractivity (Wildman–Crippen MR) is 78.0 cm³/mol. The molecule has 0 bridgehead atoms. The Labute approximate surface area is 123 Å². The number of carbonyl (C=O) groups is 2. The summed E-state index contributed by atoms with van der Waals surface area (Å²) in [5.74, 6) is -1.25. The number of amides is 1. The van der Waals surface area contributed by atoms with Crippen LogP contribution < -0.4 is 5.32 Å². The zero-order chi connectivity index (χ0) is 13.8. The molecular weight excluding hydrogens is 330 g/mol. The van der Waals surface area contributed by atoms with E-state index in [1.54, 1.807) is 17.4 Å². The molecule has 0 radical (unpaired) electrons. The summed E-state index contributed by atoms with van der Waals surface area (Å²) in [6.07, 6.45) is 5.16. The Morgan fingerprint density at radius 1 is 1.42 bits per heavy atom. The molecule has 0 aliphatic heterocycles. The minimum atomic E-state index is -0.768. The summed E-state index contributed by atoms with van der Waals surface area (Å²) < 4.78 is 1.02. The molecule has 2 rings (SSSR count). The van der Waals surface area contributed by atoms with Crippen molar-refractivity contribution < 1.29 is 14.7 Å². The molecule has 1 aromatic heterocycles. The molecule has 2 atom stereocenters. The molecule has 2 N–H and O–H groups in total. The Hall–Kier alpha value is -1.14. The highest BCUT2D eigenvalue weighted by molar-refractivity contribution is 9.11. The smallest absolute Gasteiger partial charge is 0.306 e. The molecule has 1 fully saturated rings. The zero-order valence-electron chi connectivity index (χ0n) is 10.1. The predicted octanol–water partition coefficient (Wildman–Crippen LogP) is 2.89. The Morgan fingerprint density at radius 2 is 2.21 bits per heavy atom. The molecule has 1 saturated carbocycles. The monoisotopic (exact) mass is 343 g/mol. The van der Waals surface area contributed by atoms with Gasteiger partial charge in [0.15, 0.2) is 0 Å². The van der Waals surface area contributed by atoms with Crippen LogP contribution in [-0.4, -0.2) is 23.0 Å². The molecule has 1 aliphatic rings. The number of carbonyl (C=O) groups excluding carboxylic acids is 1. The minimum Gasteiger partial charge on any atom is -0.481 e. The van der Waals surface area contributed by atoms with Crippen LogP contribution in [0.25, 0.3) is 6.08 Å². The topological polar surface area (TPSA) is 66.4 Å². The van der Waals surface area contributed by atoms with E-state index in [1.807, 2.05) is 12.1 Å². The van der Waals surface area contributed by atoms with Crippen LogP contribution in [0.1, 0.15) is 24.1 Å². The summed E-state index contributed by atoms with van der Waals surface area (Å²) in [6, 6.07) is 3.83. The van der Waals surface area contributed by atoms with Gasteiger partial charge in [-0.3, -0.25) is 9.59 Å². The van der Waals surface area contributed by atoms with Gasteiger partial charge < -0.3 is 10.4 Å². The molecule has 1 amide bonds. The van der Waals surface area contributed by atoms with Crippen LogP contribution >= 0.6 is 27.3 Å². The third-order valence-corrected chi connectivity index (χ3v) is 4.71. The molecule has 6 heteroatoms. The number of hydrogen-bond donors (Lipinski definition) is 2. The van der Waals surface area contributed by atoms with E-state index in [-0.39, 0.29) is 17.9 Å². The zero-order valence-corrected chi connectivity index (χ0v) is 12.5. The Balaban J connectivity index is 1.82. The molecule has 2 unspecified atom stereocenters. The third kappa shape index (κ3) is 4.18. The van der Waals surface area contributed by atoms with Gasteiger partial charge in [0.25, 0.3) is 0 Å². The van der Waals surface area contributed by atoms with E-state index in [2.05, 4.69) is 21.2 Å². The number of halogens is 1. The summed E-state index contributed by atoms with van der Waals surface area (Å²) in [7, 11) is 0. The van der Waals surface area contributed by atoms with Crippen molar-refractivity contribution in [1.82, 2.24) is 5.32 Å². The lowest BCUT2D eigenvalue weighted by atomic mass is 10.1. The van der Waals surface area contributed by atoms with Crippen molar-refractivity contribution >= 4 is 45.2 Å². The lowest BCUT2D eigenvalue weighted by Crippen LogP contribution is -2.31. The van der Waals surface area contributed by atoms with Crippen LogP contribution in [0.2, 0.25) is 0 Å². The third-order valence-electron chi connectivity index (χ3n) is 3.12. The van der Waals surface area contributed by atoms with Crippen molar-refractivity contribution in [3.05, 3.63) is 26.9 Å². The highest BCUT2D eigenvalue weighted by Crippen LogP contribution is 2.26. The van der Waals surface area contributed by atoms with Crippen molar-refractivity contribution in [2.45, 2.75) is 25.3 Å². The Bertz CT molecular complexity index is 512. The highest BCUT2D eigenvalue weighted by atomic mass is 79.9. The standard InChI is InChI=1S/C13H14BrNO3S/c14-11-5-3-10(19-11)4-6-12(16)15-9-2-1-8(7-9)13(17)18/h3-6,8-9H,1-2,7H2,(H,15,16)(H,17,18). The minimum absolute atomic E-state index is 0.0201. The lowest BCUT2D eigenvalue weighted by molar-refractivity contribution is -0.141. The molecule has 102 valence electrons. The Kier molecular flexibility index (Phi) is 4.76. The number of hydrogen-bond acceptors (Lipinski definition) is 3. The van der Waals surface area contributed by atoms with Crippen LogP contribution in [0.3, 0.4) is 0 Å². The number of aliphatic carboxylic acids is 1. The normalized spacial score (nSPS) is 22.8. The Morgan fingerprint density at radius 3 is 2.79 bits per heavy atom. The van der Waals surface area contributed by atoms with Crippen LogP contribution in [-0.2, 0) is 9.59 Å². The van der Waals surface area contributed by atoms with Crippen LogP contribution in [0.5, 0.6) is 0 Å². The van der Waals surface area contributed by atoms with Crippen molar-refractivity contribution in [3.8, 4) is 0 Å². The first-order chi connectivity index (χ1) is 9.04. The fourth-order valence-corrected chi connectivity index (χ4v) is 3.49. The second kappa shape index (κ2) is 6.34. The molecule has 4 nitrogen and oxygen atoms in total. The summed E-state index contributed by atoms with van der Waals surface area (Å²) in [4.78, 5) is 23.5. The molecule has 0 aromatic carbocycles. The van der Waals surface area contributed by atoms with Gasteiger partial charge in [0.05, 0.1) is 9.70 Å². The van der Waals surface area contributed by atoms with Crippen molar-refractivity contribution in [2.75, 3.05) is 0 Å². The summed E-state index contributed by atoms with van der Waals surface area (Å²) >= 11 is 4.91. The first kappa shape index (κ1) is 14.3. The van der Waals surface area contributed by atoms with Crippen molar-refractivity contribution in [1.29, 1.82) is 0 Å². The van der Waals surface area contributed by atoms with Gasteiger partial charge in [-0.15, -0.1) is 11.3 Å². The molecular formula is C13H14BrNO3S. The van der Waals surface area contributed by atoms with E-state index >= 15 is 0 Å². The second-order valence-electron chi connectivity index (χ2n) is 4.53. The lowest BCUT2D eigenvalue weighted by Gasteiger charge is -2.10. The van der Waals surface area contributed by atoms with Gasteiger partial charge >= 0.3 is 5.97 Å². The molecule has 1 aliphatic carbocycles. The maximum Gasteiger partial charge on any atom is 0.306 e. The van der Waals surface area contributed by atoms with Gasteiger partial charge in [-0.05, 0) is 53.4 Å². The van der Waals surface area contributed by atoms with Crippen LogP contribution in [0, 0.1) is 5.92 Å². The summed E-state index contributed by atoms with van der Waals surface area (Å²) in [6.45, 7) is 0. The number of nitrogens with one attached hydrogen (secondary N) is 1. The quantitative estimate of drug-likeness (QED) is 0.826. The number of carboxylic acid groups (broad SMARTS) is 1. The van der Waals surface area contributed by atoms with Crippen molar-refractivity contribution in [3.63, 3.8) is 0 Å². The maximum absolute atomic E-state index is 11.7. The van der Waals surface area contributed by atoms with Crippen molar-refractivity contribution in [2.24, 2.45) is 5.92 Å². The van der Waals surface area contributed by atoms with Gasteiger partial charge in [-0.2, -0.15) is 0 Å². The summed E-state index contributed by atoms with van der Waals surface area (Å²) in [5, 5.41) is 11.7. The molecule has 1 heterocycles. The van der Waals surface area contributed by atoms with Crippen LogP contribution in [0.15, 0.2) is 22.0 Å². The fraction of sp³-hybridized carbons (Fsp3) is 0.385. The van der Waals surface area contributed by atoms with E-state index in [4.69, 9.17) is 5.11 Å². The maximum atomic E-state index is 11.7. The molecule has 1 aromatic rings. The number of carboxylic acids is 1. The number of thiophene rings is 1. The average molecular weight is 344 g/mol. The fourth-order valence-electron chi connectivity index (χ4n) is 2.16. The van der Waals surface area contributed by atoms with E-state index < -0.39 is 5.97 Å². The van der Waals surface area contributed by atoms with E-state index in [1.165, 1.54) is 6.08 Å². The van der Waals surface area contributed by atoms with E-state index in [9.17, 15) is 9.59 Å². The summed E-state index contributed by atoms with van der Waals surface area (Å²) in [5.41, 5.74) is 0. The first-order valence-electron chi connectivity index (χ1n) is 6.01. The highest BCUT2D eigenvalue weighted by Gasteiger charge is 2.30. The van der Waals surface area contributed by atoms with Gasteiger partial charge in [0.2, 0.25) is 5.91 Å². The SMILES string of the molecule is O=C(C=Cc1ccc(Br)s1)NC1CCC(C(=O)O)C1. The average Bonchev–Trinajstić information content (AvgIpc) is 2.96. The molecule has 19 heavy (non-hydrogen) atoms. The van der Waals surface area contributed by atoms with Crippen LogP contribution in [0.4, 0.5) is 0 Å². The van der Waals surface area contributed by atoms with E-state index in [0.717, 1.165) is 15.1 Å². The first-order valence-corrected chi connectivity index (χ1v) is 7.62. The van der Waals surface area contributed by atoms with E-state index in [0.29, 0.717) is 12.8 Å². The molecule has 0 saturated heterocycles.